The van der Waals surface area contributed by atoms with Crippen LogP contribution in [-0.4, -0.2) is 36.1 Å². The molecule has 1 aromatic rings. The van der Waals surface area contributed by atoms with Gasteiger partial charge in [-0.1, -0.05) is 31.4 Å². The number of hydrogen-bond donors (Lipinski definition) is 0. The zero-order chi connectivity index (χ0) is 14.7. The van der Waals surface area contributed by atoms with E-state index in [1.54, 1.807) is 0 Å². The first-order valence-corrected chi connectivity index (χ1v) is 7.98. The molecule has 1 aliphatic carbocycles. The van der Waals surface area contributed by atoms with E-state index in [-0.39, 0.29) is 5.91 Å². The van der Waals surface area contributed by atoms with Crippen LogP contribution in [0.3, 0.4) is 0 Å². The lowest BCUT2D eigenvalue weighted by Crippen LogP contribution is -2.50. The van der Waals surface area contributed by atoms with E-state index in [9.17, 15) is 4.79 Å². The highest BCUT2D eigenvalue weighted by Crippen LogP contribution is 2.32. The number of benzene rings is 1. The molecule has 2 aliphatic rings. The van der Waals surface area contributed by atoms with Crippen LogP contribution < -0.4 is 9.47 Å². The number of rotatable bonds is 3. The first kappa shape index (κ1) is 14.2. The van der Waals surface area contributed by atoms with E-state index in [4.69, 9.17) is 9.47 Å². The number of amides is 1. The van der Waals surface area contributed by atoms with Crippen LogP contribution in [0.2, 0.25) is 0 Å². The Morgan fingerprint density at radius 1 is 1.19 bits per heavy atom. The molecule has 1 aliphatic heterocycles. The van der Waals surface area contributed by atoms with Gasteiger partial charge in [0.2, 0.25) is 6.10 Å². The molecule has 1 heterocycles. The van der Waals surface area contributed by atoms with Gasteiger partial charge in [-0.05, 0) is 31.9 Å². The van der Waals surface area contributed by atoms with Crippen LogP contribution in [0.4, 0.5) is 0 Å². The Morgan fingerprint density at radius 3 is 2.62 bits per heavy atom. The van der Waals surface area contributed by atoms with Crippen molar-refractivity contribution in [2.75, 3.05) is 13.2 Å². The average Bonchev–Trinajstić information content (AvgIpc) is 2.56. The molecule has 0 aromatic heterocycles. The van der Waals surface area contributed by atoms with E-state index >= 15 is 0 Å². The molecule has 1 aromatic carbocycles. The normalized spacial score (nSPS) is 21.9. The van der Waals surface area contributed by atoms with Gasteiger partial charge in [-0.15, -0.1) is 0 Å². The topological polar surface area (TPSA) is 38.8 Å². The fraction of sp³-hybridized carbons (Fsp3) is 0.588. The number of carbonyl (C=O) groups is 1. The highest BCUT2D eigenvalue weighted by Gasteiger charge is 2.33. The van der Waals surface area contributed by atoms with E-state index in [0.717, 1.165) is 25.1 Å². The minimum atomic E-state index is -0.512. The van der Waals surface area contributed by atoms with Gasteiger partial charge in [-0.3, -0.25) is 4.79 Å². The summed E-state index contributed by atoms with van der Waals surface area (Å²) in [6.07, 6.45) is 5.45. The van der Waals surface area contributed by atoms with E-state index in [0.29, 0.717) is 18.4 Å². The van der Waals surface area contributed by atoms with Crippen molar-refractivity contribution >= 4 is 5.91 Å². The second kappa shape index (κ2) is 6.37. The molecular formula is C17H23NO3. The number of para-hydroxylation sites is 2. The molecule has 4 nitrogen and oxygen atoms in total. The molecule has 1 atom stereocenters. The zero-order valence-corrected chi connectivity index (χ0v) is 12.6. The fourth-order valence-corrected chi connectivity index (χ4v) is 3.31. The van der Waals surface area contributed by atoms with Crippen LogP contribution in [-0.2, 0) is 4.79 Å². The first-order valence-electron chi connectivity index (χ1n) is 7.98. The fourth-order valence-electron chi connectivity index (χ4n) is 3.31. The SMILES string of the molecule is CCN(C(=O)C1COc2ccccc2O1)C1CCCCC1. The maximum atomic E-state index is 12.8. The Balaban J connectivity index is 1.69. The van der Waals surface area contributed by atoms with E-state index < -0.39 is 6.10 Å². The van der Waals surface area contributed by atoms with Crippen molar-refractivity contribution < 1.29 is 14.3 Å². The zero-order valence-electron chi connectivity index (χ0n) is 12.6. The van der Waals surface area contributed by atoms with Gasteiger partial charge in [0.15, 0.2) is 11.5 Å². The molecule has 1 unspecified atom stereocenters. The van der Waals surface area contributed by atoms with Crippen LogP contribution in [0.1, 0.15) is 39.0 Å². The smallest absolute Gasteiger partial charge is 0.267 e. The maximum absolute atomic E-state index is 12.8. The first-order chi connectivity index (χ1) is 10.3. The van der Waals surface area contributed by atoms with Gasteiger partial charge in [0, 0.05) is 12.6 Å². The molecule has 0 saturated heterocycles. The minimum absolute atomic E-state index is 0.0684. The lowest BCUT2D eigenvalue weighted by Gasteiger charge is -2.36. The highest BCUT2D eigenvalue weighted by atomic mass is 16.6. The second-order valence-electron chi connectivity index (χ2n) is 5.78. The van der Waals surface area contributed by atoms with Gasteiger partial charge in [0.1, 0.15) is 6.61 Å². The molecule has 1 saturated carbocycles. The van der Waals surface area contributed by atoms with Crippen molar-refractivity contribution in [3.05, 3.63) is 24.3 Å². The Kier molecular flexibility index (Phi) is 4.32. The Labute approximate surface area is 126 Å². The van der Waals surface area contributed by atoms with Crippen molar-refractivity contribution in [1.82, 2.24) is 4.90 Å². The summed E-state index contributed by atoms with van der Waals surface area (Å²) < 4.78 is 11.5. The lowest BCUT2D eigenvalue weighted by atomic mass is 9.94. The molecule has 0 spiro atoms. The van der Waals surface area contributed by atoms with Crippen LogP contribution in [0, 0.1) is 0 Å². The molecular weight excluding hydrogens is 266 g/mol. The molecule has 1 fully saturated rings. The number of carbonyl (C=O) groups excluding carboxylic acids is 1. The highest BCUT2D eigenvalue weighted by molar-refractivity contribution is 5.82. The van der Waals surface area contributed by atoms with Crippen molar-refractivity contribution in [3.8, 4) is 11.5 Å². The molecule has 1 amide bonds. The summed E-state index contributed by atoms with van der Waals surface area (Å²) in [5.41, 5.74) is 0. The Bertz CT molecular complexity index is 497. The third-order valence-electron chi connectivity index (χ3n) is 4.42. The molecule has 0 N–H and O–H groups in total. The quantitative estimate of drug-likeness (QED) is 0.858. The van der Waals surface area contributed by atoms with Crippen molar-refractivity contribution in [2.24, 2.45) is 0 Å². The monoisotopic (exact) mass is 289 g/mol. The Morgan fingerprint density at radius 2 is 1.90 bits per heavy atom. The lowest BCUT2D eigenvalue weighted by molar-refractivity contribution is -0.144. The van der Waals surface area contributed by atoms with E-state index in [2.05, 4.69) is 0 Å². The summed E-state index contributed by atoms with van der Waals surface area (Å²) in [6.45, 7) is 3.09. The van der Waals surface area contributed by atoms with Gasteiger partial charge in [-0.2, -0.15) is 0 Å². The van der Waals surface area contributed by atoms with Crippen LogP contribution in [0.25, 0.3) is 0 Å². The number of hydrogen-bond acceptors (Lipinski definition) is 3. The third-order valence-corrected chi connectivity index (χ3v) is 4.42. The molecule has 4 heteroatoms. The summed E-state index contributed by atoms with van der Waals surface area (Å²) >= 11 is 0. The van der Waals surface area contributed by atoms with Crippen LogP contribution >= 0.6 is 0 Å². The van der Waals surface area contributed by atoms with Crippen molar-refractivity contribution in [3.63, 3.8) is 0 Å². The van der Waals surface area contributed by atoms with Crippen molar-refractivity contribution in [2.45, 2.75) is 51.2 Å². The molecule has 3 rings (SSSR count). The van der Waals surface area contributed by atoms with E-state index in [1.165, 1.54) is 19.3 Å². The van der Waals surface area contributed by atoms with Gasteiger partial charge >= 0.3 is 0 Å². The third kappa shape index (κ3) is 2.99. The van der Waals surface area contributed by atoms with Gasteiger partial charge < -0.3 is 14.4 Å². The standard InChI is InChI=1S/C17H23NO3/c1-2-18(13-8-4-3-5-9-13)17(19)16-12-20-14-10-6-7-11-15(14)21-16/h6-7,10-11,13,16H,2-5,8-9,12H2,1H3. The second-order valence-corrected chi connectivity index (χ2v) is 5.78. The number of nitrogens with zero attached hydrogens (tertiary/aromatic N) is 1. The Hall–Kier alpha value is -1.71. The summed E-state index contributed by atoms with van der Waals surface area (Å²) in [7, 11) is 0. The van der Waals surface area contributed by atoms with Gasteiger partial charge in [-0.25, -0.2) is 0 Å². The van der Waals surface area contributed by atoms with Crippen LogP contribution in [0.15, 0.2) is 24.3 Å². The van der Waals surface area contributed by atoms with E-state index in [1.807, 2.05) is 36.1 Å². The van der Waals surface area contributed by atoms with Crippen molar-refractivity contribution in [1.29, 1.82) is 0 Å². The molecule has 21 heavy (non-hydrogen) atoms. The molecule has 114 valence electrons. The predicted molar refractivity (Wildman–Crippen MR) is 80.6 cm³/mol. The number of likely N-dealkylation sites (N-methyl/N-ethyl adjacent to an activating group) is 1. The number of ether oxygens (including phenoxy) is 2. The summed E-state index contributed by atoms with van der Waals surface area (Å²) in [5.74, 6) is 1.46. The number of fused-ring (bicyclic) bond motifs is 1. The van der Waals surface area contributed by atoms with Gasteiger partial charge in [0.05, 0.1) is 0 Å². The molecule has 0 radical (unpaired) electrons. The van der Waals surface area contributed by atoms with Gasteiger partial charge in [0.25, 0.3) is 5.91 Å². The summed E-state index contributed by atoms with van der Waals surface area (Å²) in [6, 6.07) is 7.90. The maximum Gasteiger partial charge on any atom is 0.267 e. The van der Waals surface area contributed by atoms with Crippen LogP contribution in [0.5, 0.6) is 11.5 Å². The largest absolute Gasteiger partial charge is 0.485 e. The predicted octanol–water partition coefficient (Wildman–Crippen LogP) is 3.01. The summed E-state index contributed by atoms with van der Waals surface area (Å²) in [4.78, 5) is 14.7. The minimum Gasteiger partial charge on any atom is -0.485 e. The average molecular weight is 289 g/mol. The summed E-state index contributed by atoms with van der Waals surface area (Å²) in [5, 5.41) is 0. The molecule has 0 bridgehead atoms.